The molecule has 11 heteroatoms. The first-order valence-electron chi connectivity index (χ1n) is 5.16. The van der Waals surface area contributed by atoms with Crippen LogP contribution in [-0.4, -0.2) is 37.0 Å². The number of ether oxygens (including phenoxy) is 1. The molecule has 0 aliphatic carbocycles. The molecule has 0 rings (SSSR count). The van der Waals surface area contributed by atoms with Gasteiger partial charge in [0, 0.05) is 11.6 Å². The van der Waals surface area contributed by atoms with Crippen LogP contribution in [0.2, 0.25) is 0 Å². The van der Waals surface area contributed by atoms with Crippen LogP contribution in [0.25, 0.3) is 0 Å². The fourth-order valence-electron chi connectivity index (χ4n) is 1.13. The molecule has 0 N–H and O–H groups in total. The Bertz CT molecular complexity index is 423. The third kappa shape index (κ3) is 3.43. The summed E-state index contributed by atoms with van der Waals surface area (Å²) in [6.45, 7) is 1.01. The number of allylic oxidation sites excluding steroid dienone is 1. The van der Waals surface area contributed by atoms with E-state index in [2.05, 4.69) is 4.74 Å². The summed E-state index contributed by atoms with van der Waals surface area (Å²) in [6.07, 6.45) is -8.49. The van der Waals surface area contributed by atoms with Crippen LogP contribution in [0.15, 0.2) is 11.6 Å². The highest BCUT2D eigenvalue weighted by Gasteiger charge is 2.81. The highest BCUT2D eigenvalue weighted by Crippen LogP contribution is 2.53. The number of rotatable bonds is 5. The second kappa shape index (κ2) is 5.76. The lowest BCUT2D eigenvalue weighted by Crippen LogP contribution is -2.60. The number of hydrogen-bond acceptors (Lipinski definition) is 2. The van der Waals surface area contributed by atoms with Gasteiger partial charge < -0.3 is 4.74 Å². The second-order valence-electron chi connectivity index (χ2n) is 3.78. The summed E-state index contributed by atoms with van der Waals surface area (Å²) >= 11 is 0. The van der Waals surface area contributed by atoms with Crippen LogP contribution in [0.3, 0.4) is 0 Å². The van der Waals surface area contributed by atoms with Crippen molar-refractivity contribution in [2.45, 2.75) is 37.3 Å². The van der Waals surface area contributed by atoms with Gasteiger partial charge in [0.15, 0.2) is 0 Å². The molecule has 21 heavy (non-hydrogen) atoms. The van der Waals surface area contributed by atoms with Gasteiger partial charge in [-0.1, -0.05) is 6.92 Å². The third-order valence-corrected chi connectivity index (χ3v) is 2.35. The van der Waals surface area contributed by atoms with Gasteiger partial charge in [-0.05, 0) is 6.42 Å². The highest BCUT2D eigenvalue weighted by molar-refractivity contribution is 5.88. The topological polar surface area (TPSA) is 26.3 Å². The molecule has 0 aromatic carbocycles. The minimum atomic E-state index is -6.99. The first-order valence-corrected chi connectivity index (χ1v) is 5.16. The predicted octanol–water partition coefficient (Wildman–Crippen LogP) is 3.96. The molecule has 0 spiro atoms. The van der Waals surface area contributed by atoms with E-state index in [9.17, 15) is 44.3 Å². The average Bonchev–Trinajstić information content (AvgIpc) is 2.33. The van der Waals surface area contributed by atoms with E-state index >= 15 is 0 Å². The van der Waals surface area contributed by atoms with Crippen molar-refractivity contribution in [1.82, 2.24) is 0 Å². The van der Waals surface area contributed by atoms with Crippen LogP contribution >= 0.6 is 0 Å². The van der Waals surface area contributed by atoms with Crippen molar-refractivity contribution in [3.8, 4) is 0 Å². The van der Waals surface area contributed by atoms with Crippen LogP contribution in [0.1, 0.15) is 13.3 Å². The fraction of sp³-hybridized carbons (Fsp3) is 0.700. The van der Waals surface area contributed by atoms with Crippen molar-refractivity contribution < 1.29 is 49.0 Å². The van der Waals surface area contributed by atoms with E-state index in [1.807, 2.05) is 0 Å². The number of halogens is 9. The summed E-state index contributed by atoms with van der Waals surface area (Å²) in [7, 11) is 0.687. The molecular weight excluding hydrogens is 323 g/mol. The molecule has 0 aliphatic heterocycles. The summed E-state index contributed by atoms with van der Waals surface area (Å²) in [5, 5.41) is 0. The SMILES string of the molecule is CCC(=CC(F)(F)C(F)(F)C(F)(F)C(F)(F)F)C(=O)OC. The number of alkyl halides is 9. The standard InChI is InChI=1S/C10H9F9O2/c1-3-5(6(20)21-2)4-7(11,12)8(13,14)9(15,16)10(17,18)19/h4H,3H2,1-2H3. The molecule has 0 aromatic rings. The fourth-order valence-corrected chi connectivity index (χ4v) is 1.13. The molecule has 0 saturated carbocycles. The van der Waals surface area contributed by atoms with E-state index in [0.29, 0.717) is 7.11 Å². The Balaban J connectivity index is 5.89. The summed E-state index contributed by atoms with van der Waals surface area (Å²) in [6, 6.07) is 0. The van der Waals surface area contributed by atoms with Crippen molar-refractivity contribution in [1.29, 1.82) is 0 Å². The van der Waals surface area contributed by atoms with Gasteiger partial charge in [0.05, 0.1) is 7.11 Å². The summed E-state index contributed by atoms with van der Waals surface area (Å²) in [5.41, 5.74) is -1.17. The van der Waals surface area contributed by atoms with Crippen LogP contribution < -0.4 is 0 Å². The van der Waals surface area contributed by atoms with E-state index in [0.717, 1.165) is 6.92 Å². The van der Waals surface area contributed by atoms with E-state index in [-0.39, 0.29) is 0 Å². The predicted molar refractivity (Wildman–Crippen MR) is 51.3 cm³/mol. The van der Waals surface area contributed by atoms with Crippen LogP contribution in [0, 0.1) is 0 Å². The van der Waals surface area contributed by atoms with Gasteiger partial charge in [-0.15, -0.1) is 0 Å². The lowest BCUT2D eigenvalue weighted by Gasteiger charge is -2.32. The van der Waals surface area contributed by atoms with Crippen molar-refractivity contribution in [3.63, 3.8) is 0 Å². The Kier molecular flexibility index (Phi) is 5.37. The maximum atomic E-state index is 13.1. The molecule has 0 aliphatic rings. The maximum absolute atomic E-state index is 13.1. The zero-order valence-corrected chi connectivity index (χ0v) is 10.5. The van der Waals surface area contributed by atoms with E-state index in [4.69, 9.17) is 0 Å². The van der Waals surface area contributed by atoms with Gasteiger partial charge in [-0.3, -0.25) is 0 Å². The highest BCUT2D eigenvalue weighted by atomic mass is 19.4. The molecule has 2 nitrogen and oxygen atoms in total. The van der Waals surface area contributed by atoms with Gasteiger partial charge in [0.1, 0.15) is 0 Å². The number of carbonyl (C=O) groups is 1. The molecule has 124 valence electrons. The molecule has 0 fully saturated rings. The Labute approximate surface area is 112 Å². The second-order valence-corrected chi connectivity index (χ2v) is 3.78. The van der Waals surface area contributed by atoms with Crippen molar-refractivity contribution in [2.75, 3.05) is 7.11 Å². The first-order chi connectivity index (χ1) is 9.15. The van der Waals surface area contributed by atoms with Gasteiger partial charge in [-0.2, -0.15) is 39.5 Å². The Morgan fingerprint density at radius 1 is 0.952 bits per heavy atom. The average molecular weight is 332 g/mol. The minimum absolute atomic E-state index is 0.643. The zero-order chi connectivity index (χ0) is 17.3. The summed E-state index contributed by atoms with van der Waals surface area (Å²) < 4.78 is 117. The Morgan fingerprint density at radius 3 is 1.67 bits per heavy atom. The van der Waals surface area contributed by atoms with Gasteiger partial charge in [-0.25, -0.2) is 4.79 Å². The molecule has 0 bridgehead atoms. The van der Waals surface area contributed by atoms with Crippen molar-refractivity contribution >= 4 is 5.97 Å². The molecule has 0 atom stereocenters. The van der Waals surface area contributed by atoms with E-state index in [1.54, 1.807) is 0 Å². The molecule has 0 amide bonds. The normalized spacial score (nSPS) is 15.1. The monoisotopic (exact) mass is 332 g/mol. The number of methoxy groups -OCH3 is 1. The van der Waals surface area contributed by atoms with Gasteiger partial charge in [0.2, 0.25) is 0 Å². The summed E-state index contributed by atoms with van der Waals surface area (Å²) in [5.74, 6) is -21.3. The van der Waals surface area contributed by atoms with Gasteiger partial charge >= 0.3 is 29.9 Å². The quantitative estimate of drug-likeness (QED) is 0.433. The lowest BCUT2D eigenvalue weighted by atomic mass is 10.0. The minimum Gasteiger partial charge on any atom is -0.466 e. The number of hydrogen-bond donors (Lipinski definition) is 0. The molecule has 0 aromatic heterocycles. The summed E-state index contributed by atoms with van der Waals surface area (Å²) in [4.78, 5) is 10.9. The molecular formula is C10H9F9O2. The molecule has 0 heterocycles. The van der Waals surface area contributed by atoms with Crippen LogP contribution in [-0.2, 0) is 9.53 Å². The zero-order valence-electron chi connectivity index (χ0n) is 10.5. The third-order valence-electron chi connectivity index (χ3n) is 2.35. The van der Waals surface area contributed by atoms with E-state index in [1.165, 1.54) is 0 Å². The smallest absolute Gasteiger partial charge is 0.460 e. The molecule has 0 radical (unpaired) electrons. The first kappa shape index (κ1) is 19.6. The Hall–Kier alpha value is -1.42. The molecule has 0 saturated heterocycles. The number of esters is 1. The molecule has 0 unspecified atom stereocenters. The number of carbonyl (C=O) groups excluding carboxylic acids is 1. The Morgan fingerprint density at radius 2 is 1.38 bits per heavy atom. The lowest BCUT2D eigenvalue weighted by molar-refractivity contribution is -0.388. The van der Waals surface area contributed by atoms with Crippen molar-refractivity contribution in [2.24, 2.45) is 0 Å². The van der Waals surface area contributed by atoms with Crippen molar-refractivity contribution in [3.05, 3.63) is 11.6 Å². The van der Waals surface area contributed by atoms with Crippen LogP contribution in [0.5, 0.6) is 0 Å². The van der Waals surface area contributed by atoms with Crippen LogP contribution in [0.4, 0.5) is 39.5 Å². The van der Waals surface area contributed by atoms with Gasteiger partial charge in [0.25, 0.3) is 0 Å². The largest absolute Gasteiger partial charge is 0.466 e. The van der Waals surface area contributed by atoms with E-state index < -0.39 is 48.0 Å². The maximum Gasteiger partial charge on any atom is 0.460 e.